The van der Waals surface area contributed by atoms with Crippen LogP contribution >= 0.6 is 24.0 Å². The van der Waals surface area contributed by atoms with Gasteiger partial charge in [0.15, 0.2) is 5.96 Å². The van der Waals surface area contributed by atoms with Gasteiger partial charge in [-0.1, -0.05) is 18.2 Å². The second kappa shape index (κ2) is 9.59. The molecule has 6 nitrogen and oxygen atoms in total. The van der Waals surface area contributed by atoms with Crippen molar-refractivity contribution in [3.05, 3.63) is 59.9 Å². The number of guanidine groups is 1. The molecule has 3 aromatic rings. The predicted molar refractivity (Wildman–Crippen MR) is 124 cm³/mol. The Morgan fingerprint density at radius 3 is 2.59 bits per heavy atom. The molecule has 0 bridgehead atoms. The fourth-order valence-electron chi connectivity index (χ4n) is 2.96. The SMILES string of the molecule is CN=C(NCc1cc(N(C)C)nc2ccccc12)N(C)Cc1ccc[nH]1.I. The third-order valence-corrected chi connectivity index (χ3v) is 4.33. The summed E-state index contributed by atoms with van der Waals surface area (Å²) in [7, 11) is 7.87. The van der Waals surface area contributed by atoms with E-state index in [1.807, 2.05) is 51.4 Å². The van der Waals surface area contributed by atoms with Gasteiger partial charge in [-0.25, -0.2) is 4.98 Å². The van der Waals surface area contributed by atoms with Gasteiger partial charge in [0.1, 0.15) is 5.82 Å². The van der Waals surface area contributed by atoms with Gasteiger partial charge in [0, 0.05) is 52.0 Å². The zero-order chi connectivity index (χ0) is 18.5. The first-order valence-electron chi connectivity index (χ1n) is 8.68. The second-order valence-corrected chi connectivity index (χ2v) is 6.50. The van der Waals surface area contributed by atoms with E-state index in [-0.39, 0.29) is 24.0 Å². The van der Waals surface area contributed by atoms with Crippen molar-refractivity contribution in [2.75, 3.05) is 33.1 Å². The highest BCUT2D eigenvalue weighted by atomic mass is 127. The van der Waals surface area contributed by atoms with E-state index in [0.717, 1.165) is 34.9 Å². The number of aliphatic imine (C=N–C) groups is 1. The first-order valence-corrected chi connectivity index (χ1v) is 8.68. The average Bonchev–Trinajstić information content (AvgIpc) is 3.14. The van der Waals surface area contributed by atoms with Gasteiger partial charge in [-0.3, -0.25) is 4.99 Å². The fraction of sp³-hybridized carbons (Fsp3) is 0.300. The van der Waals surface area contributed by atoms with E-state index in [0.29, 0.717) is 6.54 Å². The van der Waals surface area contributed by atoms with E-state index in [1.54, 1.807) is 0 Å². The number of benzene rings is 1. The van der Waals surface area contributed by atoms with E-state index < -0.39 is 0 Å². The normalized spacial score (nSPS) is 11.2. The predicted octanol–water partition coefficient (Wildman–Crippen LogP) is 3.45. The highest BCUT2D eigenvalue weighted by Crippen LogP contribution is 2.22. The molecular weight excluding hydrogens is 451 g/mol. The topological polar surface area (TPSA) is 59.6 Å². The van der Waals surface area contributed by atoms with Gasteiger partial charge in [-0.15, -0.1) is 24.0 Å². The van der Waals surface area contributed by atoms with Gasteiger partial charge in [-0.05, 0) is 29.8 Å². The lowest BCUT2D eigenvalue weighted by molar-refractivity contribution is 0.471. The number of aromatic nitrogens is 2. The molecule has 0 unspecified atom stereocenters. The van der Waals surface area contributed by atoms with Crippen molar-refractivity contribution in [3.8, 4) is 0 Å². The van der Waals surface area contributed by atoms with Crippen molar-refractivity contribution in [3.63, 3.8) is 0 Å². The van der Waals surface area contributed by atoms with Crippen LogP contribution in [0.1, 0.15) is 11.3 Å². The van der Waals surface area contributed by atoms with Crippen LogP contribution in [-0.4, -0.2) is 49.0 Å². The molecule has 0 aliphatic carbocycles. The lowest BCUT2D eigenvalue weighted by atomic mass is 10.1. The van der Waals surface area contributed by atoms with Gasteiger partial charge in [-0.2, -0.15) is 0 Å². The summed E-state index contributed by atoms with van der Waals surface area (Å²) in [5, 5.41) is 4.63. The molecule has 1 aromatic carbocycles. The van der Waals surface area contributed by atoms with Crippen LogP contribution in [0.25, 0.3) is 10.9 Å². The number of nitrogens with zero attached hydrogens (tertiary/aromatic N) is 4. The molecule has 0 atom stereocenters. The molecule has 0 spiro atoms. The van der Waals surface area contributed by atoms with Crippen molar-refractivity contribution in [2.24, 2.45) is 4.99 Å². The summed E-state index contributed by atoms with van der Waals surface area (Å²) < 4.78 is 0. The van der Waals surface area contributed by atoms with E-state index >= 15 is 0 Å². The van der Waals surface area contributed by atoms with Crippen molar-refractivity contribution in [1.82, 2.24) is 20.2 Å². The van der Waals surface area contributed by atoms with Gasteiger partial charge in [0.2, 0.25) is 0 Å². The van der Waals surface area contributed by atoms with Gasteiger partial charge >= 0.3 is 0 Å². The Labute approximate surface area is 177 Å². The molecule has 0 amide bonds. The Hall–Kier alpha value is -2.29. The molecule has 7 heteroatoms. The molecular formula is C20H27IN6. The quantitative estimate of drug-likeness (QED) is 0.335. The molecule has 3 rings (SSSR count). The maximum Gasteiger partial charge on any atom is 0.194 e. The smallest absolute Gasteiger partial charge is 0.194 e. The standard InChI is InChI=1S/C20H26N6.HI/c1-21-20(26(4)14-16-8-7-11-22-16)23-13-15-12-19(25(2)3)24-18-10-6-5-9-17(15)18;/h5-12,22H,13-14H2,1-4H3,(H,21,23);1H. The number of anilines is 1. The molecule has 2 heterocycles. The molecule has 2 aromatic heterocycles. The second-order valence-electron chi connectivity index (χ2n) is 6.50. The van der Waals surface area contributed by atoms with Crippen LogP contribution in [0.15, 0.2) is 53.7 Å². The molecule has 0 radical (unpaired) electrons. The molecule has 144 valence electrons. The summed E-state index contributed by atoms with van der Waals surface area (Å²) in [5.41, 5.74) is 3.36. The van der Waals surface area contributed by atoms with Crippen LogP contribution in [0, 0.1) is 0 Å². The van der Waals surface area contributed by atoms with E-state index in [4.69, 9.17) is 4.98 Å². The minimum absolute atomic E-state index is 0. The number of pyridine rings is 1. The molecule has 0 fully saturated rings. The third-order valence-electron chi connectivity index (χ3n) is 4.33. The minimum Gasteiger partial charge on any atom is -0.364 e. The van der Waals surface area contributed by atoms with Crippen molar-refractivity contribution >= 4 is 46.7 Å². The summed E-state index contributed by atoms with van der Waals surface area (Å²) in [6, 6.07) is 14.5. The number of aromatic amines is 1. The molecule has 27 heavy (non-hydrogen) atoms. The largest absolute Gasteiger partial charge is 0.364 e. The lowest BCUT2D eigenvalue weighted by Crippen LogP contribution is -2.38. The Kier molecular flexibility index (Phi) is 7.46. The van der Waals surface area contributed by atoms with Crippen molar-refractivity contribution in [2.45, 2.75) is 13.1 Å². The van der Waals surface area contributed by atoms with Crippen LogP contribution in [0.4, 0.5) is 5.82 Å². The molecule has 0 saturated carbocycles. The van der Waals surface area contributed by atoms with E-state index in [2.05, 4.69) is 50.5 Å². The zero-order valence-electron chi connectivity index (χ0n) is 16.2. The molecule has 0 aliphatic rings. The number of rotatable bonds is 5. The lowest BCUT2D eigenvalue weighted by Gasteiger charge is -2.22. The minimum atomic E-state index is 0. The van der Waals surface area contributed by atoms with E-state index in [1.165, 1.54) is 5.56 Å². The Morgan fingerprint density at radius 1 is 1.15 bits per heavy atom. The highest BCUT2D eigenvalue weighted by Gasteiger charge is 2.10. The molecule has 2 N–H and O–H groups in total. The van der Waals surface area contributed by atoms with Crippen LogP contribution in [0.3, 0.4) is 0 Å². The number of H-pyrrole nitrogens is 1. The van der Waals surface area contributed by atoms with Gasteiger partial charge < -0.3 is 20.1 Å². The zero-order valence-corrected chi connectivity index (χ0v) is 18.6. The summed E-state index contributed by atoms with van der Waals surface area (Å²) in [5.74, 6) is 1.81. The van der Waals surface area contributed by atoms with Crippen LogP contribution < -0.4 is 10.2 Å². The first-order chi connectivity index (χ1) is 12.6. The monoisotopic (exact) mass is 478 g/mol. The van der Waals surface area contributed by atoms with Crippen LogP contribution in [-0.2, 0) is 13.1 Å². The maximum atomic E-state index is 4.72. The summed E-state index contributed by atoms with van der Waals surface area (Å²) in [4.78, 5) is 16.5. The fourth-order valence-corrected chi connectivity index (χ4v) is 2.96. The number of hydrogen-bond donors (Lipinski definition) is 2. The Balaban J connectivity index is 0.00000261. The number of nitrogens with one attached hydrogen (secondary N) is 2. The highest BCUT2D eigenvalue weighted by molar-refractivity contribution is 14.0. The summed E-state index contributed by atoms with van der Waals surface area (Å²) >= 11 is 0. The maximum absolute atomic E-state index is 4.72. The molecule has 0 saturated heterocycles. The molecule has 0 aliphatic heterocycles. The number of halogens is 1. The Bertz CT molecular complexity index is 889. The number of hydrogen-bond acceptors (Lipinski definition) is 3. The van der Waals surface area contributed by atoms with Gasteiger partial charge in [0.25, 0.3) is 0 Å². The number of para-hydroxylation sites is 1. The average molecular weight is 478 g/mol. The first kappa shape index (κ1) is 21.0. The number of fused-ring (bicyclic) bond motifs is 1. The van der Waals surface area contributed by atoms with Crippen molar-refractivity contribution in [1.29, 1.82) is 0 Å². The van der Waals surface area contributed by atoms with Crippen LogP contribution in [0.2, 0.25) is 0 Å². The van der Waals surface area contributed by atoms with Gasteiger partial charge in [0.05, 0.1) is 12.1 Å². The summed E-state index contributed by atoms with van der Waals surface area (Å²) in [6.07, 6.45) is 1.94. The third kappa shape index (κ3) is 5.12. The Morgan fingerprint density at radius 2 is 1.93 bits per heavy atom. The van der Waals surface area contributed by atoms with E-state index in [9.17, 15) is 0 Å². The summed E-state index contributed by atoms with van der Waals surface area (Å²) in [6.45, 7) is 1.46. The van der Waals surface area contributed by atoms with Crippen molar-refractivity contribution < 1.29 is 0 Å². The van der Waals surface area contributed by atoms with Crippen LogP contribution in [0.5, 0.6) is 0 Å².